The van der Waals surface area contributed by atoms with Crippen molar-refractivity contribution in [2.24, 2.45) is 0 Å². The second-order valence-electron chi connectivity index (χ2n) is 6.54. The molecule has 1 saturated heterocycles. The molecular formula is C15H26N2O9S3. The highest BCUT2D eigenvalue weighted by atomic mass is 32.2. The molecule has 0 aliphatic carbocycles. The van der Waals surface area contributed by atoms with E-state index in [1.807, 2.05) is 16.7 Å². The molecule has 1 aromatic carbocycles. The first-order chi connectivity index (χ1) is 13.2. The van der Waals surface area contributed by atoms with Crippen LogP contribution in [0.4, 0.5) is 0 Å². The van der Waals surface area contributed by atoms with E-state index in [2.05, 4.69) is 0 Å². The lowest BCUT2D eigenvalue weighted by atomic mass is 10.2. The molecule has 1 aromatic rings. The third-order valence-electron chi connectivity index (χ3n) is 4.11. The number of hydrogen-bond donors (Lipinski definition) is 3. The number of rotatable bonds is 7. The number of hydrogen-bond acceptors (Lipinski definition) is 8. The smallest absolute Gasteiger partial charge is 0.294 e. The van der Waals surface area contributed by atoms with Crippen molar-refractivity contribution in [3.8, 4) is 0 Å². The summed E-state index contributed by atoms with van der Waals surface area (Å²) < 4.78 is 89.1. The molecule has 14 heteroatoms. The number of nitrogens with zero attached hydrogens (tertiary/aromatic N) is 2. The van der Waals surface area contributed by atoms with Gasteiger partial charge in [0.05, 0.1) is 16.4 Å². The van der Waals surface area contributed by atoms with Gasteiger partial charge in [-0.2, -0.15) is 25.3 Å². The second kappa shape index (κ2) is 10.8. The number of aryl methyl sites for hydroxylation is 1. The fourth-order valence-electron chi connectivity index (χ4n) is 2.44. The summed E-state index contributed by atoms with van der Waals surface area (Å²) in [6.07, 6.45) is 0. The summed E-state index contributed by atoms with van der Waals surface area (Å²) >= 11 is 0. The summed E-state index contributed by atoms with van der Waals surface area (Å²) in [5, 5.41) is 0. The van der Waals surface area contributed by atoms with Crippen LogP contribution in [0.3, 0.4) is 0 Å². The van der Waals surface area contributed by atoms with E-state index in [-0.39, 0.29) is 29.5 Å². The zero-order valence-corrected chi connectivity index (χ0v) is 18.3. The predicted octanol–water partition coefficient (Wildman–Crippen LogP) is -0.379. The summed E-state index contributed by atoms with van der Waals surface area (Å²) in [5.41, 5.74) is 0.956. The molecule has 0 unspecified atom stereocenters. The van der Waals surface area contributed by atoms with E-state index >= 15 is 0 Å². The predicted molar refractivity (Wildman–Crippen MR) is 107 cm³/mol. The molecule has 0 radical (unpaired) electrons. The summed E-state index contributed by atoms with van der Waals surface area (Å²) in [6.45, 7) is 4.83. The van der Waals surface area contributed by atoms with E-state index in [1.165, 1.54) is 12.1 Å². The van der Waals surface area contributed by atoms with Gasteiger partial charge in [0.2, 0.25) is 0 Å². The minimum Gasteiger partial charge on any atom is -0.300 e. The van der Waals surface area contributed by atoms with Crippen LogP contribution in [0, 0.1) is 6.92 Å². The first kappa shape index (κ1) is 25.9. The van der Waals surface area contributed by atoms with Gasteiger partial charge < -0.3 is 0 Å². The molecule has 1 aliphatic heterocycles. The largest absolute Gasteiger partial charge is 0.300 e. The molecular weight excluding hydrogens is 448 g/mol. The van der Waals surface area contributed by atoms with E-state index < -0.39 is 30.4 Å². The van der Waals surface area contributed by atoms with Gasteiger partial charge in [0.15, 0.2) is 0 Å². The maximum Gasteiger partial charge on any atom is 0.294 e. The Balaban J connectivity index is 0.000000326. The van der Waals surface area contributed by atoms with Crippen molar-refractivity contribution in [1.29, 1.82) is 0 Å². The van der Waals surface area contributed by atoms with E-state index in [4.69, 9.17) is 13.7 Å². The molecule has 1 heterocycles. The van der Waals surface area contributed by atoms with Crippen molar-refractivity contribution < 1.29 is 38.9 Å². The Morgan fingerprint density at radius 3 is 1.34 bits per heavy atom. The monoisotopic (exact) mass is 474 g/mol. The average Bonchev–Trinajstić information content (AvgIpc) is 2.58. The Kier molecular flexibility index (Phi) is 9.62. The van der Waals surface area contributed by atoms with E-state index in [0.717, 1.165) is 5.56 Å². The first-order valence-electron chi connectivity index (χ1n) is 8.55. The highest BCUT2D eigenvalue weighted by Gasteiger charge is 2.19. The van der Waals surface area contributed by atoms with Crippen LogP contribution in [0.15, 0.2) is 29.2 Å². The minimum atomic E-state index is -4.02. The Morgan fingerprint density at radius 1 is 0.724 bits per heavy atom. The molecule has 0 saturated carbocycles. The van der Waals surface area contributed by atoms with Gasteiger partial charge in [-0.15, -0.1) is 0 Å². The molecule has 0 aromatic heterocycles. The Labute approximate surface area is 171 Å². The summed E-state index contributed by atoms with van der Waals surface area (Å²) in [7, 11) is -11.9. The molecule has 11 nitrogen and oxygen atoms in total. The normalized spacial score (nSPS) is 16.8. The maximum absolute atomic E-state index is 10.6. The fraction of sp³-hybridized carbons (Fsp3) is 0.600. The highest BCUT2D eigenvalue weighted by Crippen LogP contribution is 2.08. The Bertz CT molecular complexity index is 907. The van der Waals surface area contributed by atoms with E-state index in [0.29, 0.717) is 26.2 Å². The lowest BCUT2D eigenvalue weighted by Gasteiger charge is -2.34. The molecule has 168 valence electrons. The number of benzene rings is 1. The third kappa shape index (κ3) is 12.2. The third-order valence-corrected chi connectivity index (χ3v) is 6.38. The SMILES string of the molecule is Cc1ccc(S(=O)(=O)O)cc1.O=S(=O)(O)CCN1CCN(CCS(=O)(=O)O)CC1. The zero-order chi connectivity index (χ0) is 22.3. The Morgan fingerprint density at radius 2 is 1.07 bits per heavy atom. The van der Waals surface area contributed by atoms with Crippen molar-refractivity contribution in [1.82, 2.24) is 9.80 Å². The molecule has 1 fully saturated rings. The molecule has 0 spiro atoms. The van der Waals surface area contributed by atoms with Crippen LogP contribution in [0.1, 0.15) is 5.56 Å². The molecule has 29 heavy (non-hydrogen) atoms. The van der Waals surface area contributed by atoms with Gasteiger partial charge in [-0.3, -0.25) is 23.5 Å². The fourth-order valence-corrected chi connectivity index (χ4v) is 3.89. The van der Waals surface area contributed by atoms with Crippen molar-refractivity contribution in [3.05, 3.63) is 29.8 Å². The van der Waals surface area contributed by atoms with Crippen LogP contribution in [0.5, 0.6) is 0 Å². The zero-order valence-electron chi connectivity index (χ0n) is 15.9. The molecule has 3 N–H and O–H groups in total. The summed E-state index contributed by atoms with van der Waals surface area (Å²) in [5.74, 6) is -0.587. The van der Waals surface area contributed by atoms with Crippen molar-refractivity contribution in [3.63, 3.8) is 0 Å². The molecule has 0 atom stereocenters. The minimum absolute atomic E-state index is 0.0666. The van der Waals surface area contributed by atoms with Crippen LogP contribution in [-0.2, 0) is 30.4 Å². The van der Waals surface area contributed by atoms with Crippen LogP contribution in [-0.4, -0.2) is 99.5 Å². The number of piperazine rings is 1. The highest BCUT2D eigenvalue weighted by molar-refractivity contribution is 7.86. The maximum atomic E-state index is 10.6. The Hall–Kier alpha value is -1.13. The van der Waals surface area contributed by atoms with Crippen molar-refractivity contribution in [2.75, 3.05) is 50.8 Å². The topological polar surface area (TPSA) is 170 Å². The van der Waals surface area contributed by atoms with Gasteiger partial charge >= 0.3 is 0 Å². The van der Waals surface area contributed by atoms with Gasteiger partial charge in [0, 0.05) is 39.3 Å². The second-order valence-corrected chi connectivity index (χ2v) is 11.1. The molecule has 0 amide bonds. The van der Waals surface area contributed by atoms with Gasteiger partial charge in [-0.05, 0) is 19.1 Å². The van der Waals surface area contributed by atoms with Gasteiger partial charge in [0.1, 0.15) is 0 Å². The van der Waals surface area contributed by atoms with Gasteiger partial charge in [-0.25, -0.2) is 0 Å². The average molecular weight is 475 g/mol. The summed E-state index contributed by atoms with van der Waals surface area (Å²) in [6, 6.07) is 5.99. The van der Waals surface area contributed by atoms with Crippen LogP contribution < -0.4 is 0 Å². The van der Waals surface area contributed by atoms with E-state index in [9.17, 15) is 25.3 Å². The molecule has 1 aliphatic rings. The van der Waals surface area contributed by atoms with Crippen LogP contribution in [0.25, 0.3) is 0 Å². The lowest BCUT2D eigenvalue weighted by molar-refractivity contribution is 0.143. The molecule has 2 rings (SSSR count). The van der Waals surface area contributed by atoms with Crippen LogP contribution in [0.2, 0.25) is 0 Å². The van der Waals surface area contributed by atoms with Crippen LogP contribution >= 0.6 is 0 Å². The lowest BCUT2D eigenvalue weighted by Crippen LogP contribution is -2.48. The van der Waals surface area contributed by atoms with E-state index in [1.54, 1.807) is 12.1 Å². The summed E-state index contributed by atoms with van der Waals surface area (Å²) in [4.78, 5) is 3.71. The quantitative estimate of drug-likeness (QED) is 0.440. The van der Waals surface area contributed by atoms with Crippen molar-refractivity contribution >= 4 is 30.4 Å². The van der Waals surface area contributed by atoms with Gasteiger partial charge in [0.25, 0.3) is 30.4 Å². The molecule has 0 bridgehead atoms. The van der Waals surface area contributed by atoms with Gasteiger partial charge in [-0.1, -0.05) is 17.7 Å². The standard InChI is InChI=1S/C8H18N2O6S2.C7H8O3S/c11-17(12,13)7-5-9-1-2-10(4-3-9)6-8-18(14,15)16;1-6-2-4-7(5-3-6)11(8,9)10/h1-8H2,(H,11,12,13)(H,14,15,16);2-5H,1H3,(H,8,9,10). The van der Waals surface area contributed by atoms with Crippen molar-refractivity contribution in [2.45, 2.75) is 11.8 Å². The first-order valence-corrected chi connectivity index (χ1v) is 13.2.